The number of rotatable bonds is 3. The van der Waals surface area contributed by atoms with Crippen LogP contribution in [0.15, 0.2) is 10.7 Å². The molecule has 0 aromatic carbocycles. The van der Waals surface area contributed by atoms with E-state index in [1.165, 1.54) is 21.6 Å². The number of aryl methyl sites for hydroxylation is 3. The van der Waals surface area contributed by atoms with Gasteiger partial charge in [-0.15, -0.1) is 11.3 Å². The first-order valence-corrected chi connectivity index (χ1v) is 8.06. The van der Waals surface area contributed by atoms with Crippen molar-refractivity contribution in [3.8, 4) is 0 Å². The fourth-order valence-corrected chi connectivity index (χ4v) is 3.85. The third-order valence-electron chi connectivity index (χ3n) is 3.83. The third kappa shape index (κ3) is 2.55. The van der Waals surface area contributed by atoms with Crippen LogP contribution in [0.2, 0.25) is 0 Å². The SMILES string of the molecule is CCc1c(C)nc2sc(C(=O)Nc3c[n+](C)no3)c(N)c2c1C. The van der Waals surface area contributed by atoms with Crippen LogP contribution in [0.3, 0.4) is 0 Å². The first kappa shape index (κ1) is 15.4. The molecule has 0 radical (unpaired) electrons. The zero-order chi connectivity index (χ0) is 16.7. The van der Waals surface area contributed by atoms with Crippen LogP contribution in [0.5, 0.6) is 0 Å². The smallest absolute Gasteiger partial charge is 0.302 e. The Morgan fingerprint density at radius 1 is 1.48 bits per heavy atom. The molecule has 3 N–H and O–H groups in total. The molecule has 3 rings (SSSR count). The van der Waals surface area contributed by atoms with Crippen LogP contribution >= 0.6 is 11.3 Å². The number of aromatic nitrogens is 3. The number of nitrogen functional groups attached to an aromatic ring is 1. The molecule has 3 aromatic rings. The number of hydrogen-bond donors (Lipinski definition) is 2. The van der Waals surface area contributed by atoms with E-state index in [1.54, 1.807) is 13.2 Å². The van der Waals surface area contributed by atoms with Crippen LogP contribution in [0.4, 0.5) is 11.6 Å². The van der Waals surface area contributed by atoms with Gasteiger partial charge in [0.1, 0.15) is 9.71 Å². The molecular formula is C15H18N5O2S+. The van der Waals surface area contributed by atoms with E-state index in [4.69, 9.17) is 10.3 Å². The predicted molar refractivity (Wildman–Crippen MR) is 88.5 cm³/mol. The Kier molecular flexibility index (Phi) is 3.77. The maximum atomic E-state index is 12.5. The fourth-order valence-electron chi connectivity index (χ4n) is 2.75. The van der Waals surface area contributed by atoms with Crippen molar-refractivity contribution in [1.82, 2.24) is 10.3 Å². The van der Waals surface area contributed by atoms with Gasteiger partial charge < -0.3 is 5.73 Å². The van der Waals surface area contributed by atoms with Crippen molar-refractivity contribution in [2.75, 3.05) is 11.1 Å². The molecule has 0 atom stereocenters. The second kappa shape index (κ2) is 5.62. The van der Waals surface area contributed by atoms with E-state index in [2.05, 4.69) is 22.5 Å². The molecule has 0 fully saturated rings. The van der Waals surface area contributed by atoms with Crippen molar-refractivity contribution in [2.45, 2.75) is 27.2 Å². The zero-order valence-corrected chi connectivity index (χ0v) is 14.2. The number of fused-ring (bicyclic) bond motifs is 1. The average molecular weight is 332 g/mol. The Bertz CT molecular complexity index is 912. The van der Waals surface area contributed by atoms with Gasteiger partial charge >= 0.3 is 5.88 Å². The van der Waals surface area contributed by atoms with Gasteiger partial charge in [-0.05, 0) is 31.4 Å². The lowest BCUT2D eigenvalue weighted by Gasteiger charge is -2.08. The van der Waals surface area contributed by atoms with Crippen molar-refractivity contribution < 1.29 is 14.0 Å². The van der Waals surface area contributed by atoms with Gasteiger partial charge in [0, 0.05) is 11.1 Å². The first-order chi connectivity index (χ1) is 10.9. The van der Waals surface area contributed by atoms with Gasteiger partial charge in [0.2, 0.25) is 0 Å². The van der Waals surface area contributed by atoms with Crippen molar-refractivity contribution in [3.05, 3.63) is 27.9 Å². The molecule has 0 saturated carbocycles. The molecule has 0 bridgehead atoms. The number of thiophene rings is 1. The molecule has 0 spiro atoms. The Balaban J connectivity index is 2.06. The number of anilines is 2. The normalized spacial score (nSPS) is 11.1. The summed E-state index contributed by atoms with van der Waals surface area (Å²) in [5.74, 6) is -0.0539. The number of nitrogens with one attached hydrogen (secondary N) is 1. The molecule has 0 saturated heterocycles. The van der Waals surface area contributed by atoms with Gasteiger partial charge in [0.15, 0.2) is 12.3 Å². The second-order valence-corrected chi connectivity index (χ2v) is 6.37. The van der Waals surface area contributed by atoms with E-state index < -0.39 is 0 Å². The molecule has 23 heavy (non-hydrogen) atoms. The molecule has 3 heterocycles. The van der Waals surface area contributed by atoms with E-state index in [0.717, 1.165) is 27.9 Å². The van der Waals surface area contributed by atoms with E-state index in [9.17, 15) is 4.79 Å². The Morgan fingerprint density at radius 3 is 2.83 bits per heavy atom. The van der Waals surface area contributed by atoms with E-state index in [0.29, 0.717) is 10.6 Å². The fraction of sp³-hybridized carbons (Fsp3) is 0.333. The van der Waals surface area contributed by atoms with Gasteiger partial charge in [-0.25, -0.2) is 4.98 Å². The van der Waals surface area contributed by atoms with E-state index in [1.807, 2.05) is 13.8 Å². The third-order valence-corrected chi connectivity index (χ3v) is 4.93. The summed E-state index contributed by atoms with van der Waals surface area (Å²) in [7, 11) is 1.70. The van der Waals surface area contributed by atoms with Crippen molar-refractivity contribution in [2.24, 2.45) is 7.05 Å². The van der Waals surface area contributed by atoms with Gasteiger partial charge in [-0.1, -0.05) is 11.6 Å². The topological polar surface area (TPSA) is 97.9 Å². The molecule has 3 aromatic heterocycles. The Morgan fingerprint density at radius 2 is 2.22 bits per heavy atom. The number of pyridine rings is 1. The van der Waals surface area contributed by atoms with Crippen molar-refractivity contribution in [1.29, 1.82) is 0 Å². The summed E-state index contributed by atoms with van der Waals surface area (Å²) in [6.45, 7) is 6.09. The number of carbonyl (C=O) groups is 1. The molecule has 1 amide bonds. The van der Waals surface area contributed by atoms with Crippen LogP contribution < -0.4 is 15.7 Å². The summed E-state index contributed by atoms with van der Waals surface area (Å²) in [5, 5.41) is 7.19. The Hall–Kier alpha value is -2.48. The molecule has 8 heteroatoms. The van der Waals surface area contributed by atoms with Crippen LogP contribution in [0, 0.1) is 13.8 Å². The maximum absolute atomic E-state index is 12.5. The minimum Gasteiger partial charge on any atom is -0.397 e. The minimum atomic E-state index is -0.322. The first-order valence-electron chi connectivity index (χ1n) is 7.24. The highest BCUT2D eigenvalue weighted by Gasteiger charge is 2.22. The molecule has 0 unspecified atom stereocenters. The quantitative estimate of drug-likeness (QED) is 0.716. The maximum Gasteiger partial charge on any atom is 0.302 e. The highest BCUT2D eigenvalue weighted by molar-refractivity contribution is 7.21. The van der Waals surface area contributed by atoms with Crippen LogP contribution in [-0.4, -0.2) is 16.2 Å². The van der Waals surface area contributed by atoms with Gasteiger partial charge in [0.05, 0.1) is 5.69 Å². The van der Waals surface area contributed by atoms with Crippen LogP contribution in [0.1, 0.15) is 33.4 Å². The summed E-state index contributed by atoms with van der Waals surface area (Å²) in [6.07, 6.45) is 2.45. The summed E-state index contributed by atoms with van der Waals surface area (Å²) in [5.41, 5.74) is 9.94. The molecule has 0 aliphatic carbocycles. The van der Waals surface area contributed by atoms with E-state index in [-0.39, 0.29) is 11.8 Å². The largest absolute Gasteiger partial charge is 0.397 e. The van der Waals surface area contributed by atoms with Crippen molar-refractivity contribution >= 4 is 39.0 Å². The number of nitrogens with two attached hydrogens (primary N) is 1. The van der Waals surface area contributed by atoms with E-state index >= 15 is 0 Å². The van der Waals surface area contributed by atoms with Gasteiger partial charge in [-0.3, -0.25) is 14.6 Å². The molecular weight excluding hydrogens is 314 g/mol. The lowest BCUT2D eigenvalue weighted by Crippen LogP contribution is -2.28. The Labute approximate surface area is 137 Å². The predicted octanol–water partition coefficient (Wildman–Crippen LogP) is 2.12. The van der Waals surface area contributed by atoms with Crippen LogP contribution in [0.25, 0.3) is 10.2 Å². The number of carbonyl (C=O) groups excluding carboxylic acids is 1. The summed E-state index contributed by atoms with van der Waals surface area (Å²) in [6, 6.07) is 0. The molecule has 7 nitrogen and oxygen atoms in total. The highest BCUT2D eigenvalue weighted by Crippen LogP contribution is 2.37. The monoisotopic (exact) mass is 332 g/mol. The number of hydrogen-bond acceptors (Lipinski definition) is 6. The molecule has 0 aliphatic heterocycles. The molecule has 0 aliphatic rings. The zero-order valence-electron chi connectivity index (χ0n) is 13.4. The number of nitrogens with zero attached hydrogens (tertiary/aromatic N) is 3. The number of amides is 1. The van der Waals surface area contributed by atoms with Gasteiger partial charge in [0.25, 0.3) is 12.1 Å². The average Bonchev–Trinajstić information content (AvgIpc) is 3.03. The standard InChI is InChI=1S/C15H17N5O2S/c1-5-9-7(2)11-12(16)13(23-15(11)17-8(9)3)14(21)18-10-6-20(4)19-22-10/h6H,5H2,1-4H3,(H2-,16,18,19,21)/p+1. The lowest BCUT2D eigenvalue weighted by molar-refractivity contribution is -0.739. The lowest BCUT2D eigenvalue weighted by atomic mass is 10.0. The summed E-state index contributed by atoms with van der Waals surface area (Å²) in [4.78, 5) is 18.3. The minimum absolute atomic E-state index is 0.268. The van der Waals surface area contributed by atoms with Crippen LogP contribution in [-0.2, 0) is 13.5 Å². The second-order valence-electron chi connectivity index (χ2n) is 5.37. The summed E-state index contributed by atoms with van der Waals surface area (Å²) < 4.78 is 6.44. The van der Waals surface area contributed by atoms with Gasteiger partial charge in [-0.2, -0.15) is 0 Å². The molecule has 120 valence electrons. The summed E-state index contributed by atoms with van der Waals surface area (Å²) >= 11 is 1.29. The van der Waals surface area contributed by atoms with Crippen molar-refractivity contribution in [3.63, 3.8) is 0 Å². The highest BCUT2D eigenvalue weighted by atomic mass is 32.1.